The summed E-state index contributed by atoms with van der Waals surface area (Å²) in [7, 11) is 0. The summed E-state index contributed by atoms with van der Waals surface area (Å²) in [6.45, 7) is 9.19. The topological polar surface area (TPSA) is 18.5 Å². The van der Waals surface area contributed by atoms with Crippen molar-refractivity contribution in [2.45, 2.75) is 13.0 Å². The lowest BCUT2D eigenvalue weighted by Gasteiger charge is -2.29. The third-order valence-electron chi connectivity index (χ3n) is 4.42. The van der Waals surface area contributed by atoms with Gasteiger partial charge in [-0.1, -0.05) is 12.1 Å². The van der Waals surface area contributed by atoms with Crippen LogP contribution in [0, 0.1) is 11.7 Å². The second-order valence-corrected chi connectivity index (χ2v) is 6.07. The van der Waals surface area contributed by atoms with Gasteiger partial charge in [-0.3, -0.25) is 4.90 Å². The van der Waals surface area contributed by atoms with Gasteiger partial charge >= 0.3 is 0 Å². The van der Waals surface area contributed by atoms with E-state index in [1.807, 2.05) is 12.1 Å². The van der Waals surface area contributed by atoms with E-state index in [1.54, 1.807) is 12.1 Å². The van der Waals surface area contributed by atoms with Crippen LogP contribution in [0.5, 0.6) is 0 Å². The van der Waals surface area contributed by atoms with Gasteiger partial charge in [0.15, 0.2) is 0 Å². The van der Waals surface area contributed by atoms with Crippen molar-refractivity contribution in [3.8, 4) is 0 Å². The van der Waals surface area contributed by atoms with Gasteiger partial charge in [0.05, 0.1) is 0 Å². The van der Waals surface area contributed by atoms with E-state index < -0.39 is 0 Å². The van der Waals surface area contributed by atoms with Crippen molar-refractivity contribution in [3.05, 3.63) is 35.6 Å². The molecular weight excluding hydrogens is 253 g/mol. The van der Waals surface area contributed by atoms with Crippen LogP contribution in [-0.4, -0.2) is 55.6 Å². The first-order valence-electron chi connectivity index (χ1n) is 7.69. The molecule has 3 rings (SSSR count). The van der Waals surface area contributed by atoms with Crippen LogP contribution in [0.4, 0.5) is 4.39 Å². The van der Waals surface area contributed by atoms with Gasteiger partial charge < -0.3 is 10.2 Å². The van der Waals surface area contributed by atoms with Crippen LogP contribution in [0.1, 0.15) is 12.0 Å². The molecular formula is C16H24FN3. The number of hydrogen-bond acceptors (Lipinski definition) is 3. The van der Waals surface area contributed by atoms with Gasteiger partial charge in [0.25, 0.3) is 0 Å². The minimum absolute atomic E-state index is 0.147. The second-order valence-electron chi connectivity index (χ2n) is 6.07. The zero-order chi connectivity index (χ0) is 13.8. The van der Waals surface area contributed by atoms with Crippen LogP contribution in [0.2, 0.25) is 0 Å². The van der Waals surface area contributed by atoms with Crippen LogP contribution >= 0.6 is 0 Å². The van der Waals surface area contributed by atoms with Gasteiger partial charge in [-0.15, -0.1) is 0 Å². The van der Waals surface area contributed by atoms with Gasteiger partial charge in [0, 0.05) is 45.8 Å². The molecule has 0 aromatic heterocycles. The third-order valence-corrected chi connectivity index (χ3v) is 4.42. The van der Waals surface area contributed by atoms with E-state index in [0.717, 1.165) is 25.6 Å². The molecule has 0 bridgehead atoms. The number of halogens is 1. The fraction of sp³-hybridized carbons (Fsp3) is 0.625. The summed E-state index contributed by atoms with van der Waals surface area (Å²) >= 11 is 0. The summed E-state index contributed by atoms with van der Waals surface area (Å²) in [4.78, 5) is 5.09. The van der Waals surface area contributed by atoms with Crippen LogP contribution in [0.25, 0.3) is 0 Å². The van der Waals surface area contributed by atoms with E-state index in [4.69, 9.17) is 0 Å². The molecule has 0 radical (unpaired) electrons. The van der Waals surface area contributed by atoms with Crippen molar-refractivity contribution in [3.63, 3.8) is 0 Å². The number of benzene rings is 1. The highest BCUT2D eigenvalue weighted by Gasteiger charge is 2.24. The molecule has 0 spiro atoms. The van der Waals surface area contributed by atoms with Crippen LogP contribution in [0.3, 0.4) is 0 Å². The van der Waals surface area contributed by atoms with E-state index in [-0.39, 0.29) is 5.82 Å². The zero-order valence-corrected chi connectivity index (χ0v) is 12.0. The van der Waals surface area contributed by atoms with E-state index in [2.05, 4.69) is 15.1 Å². The van der Waals surface area contributed by atoms with Gasteiger partial charge in [-0.05, 0) is 36.6 Å². The first-order chi connectivity index (χ1) is 9.79. The molecule has 1 atom stereocenters. The fourth-order valence-corrected chi connectivity index (χ4v) is 3.31. The average molecular weight is 277 g/mol. The highest BCUT2D eigenvalue weighted by Crippen LogP contribution is 2.20. The van der Waals surface area contributed by atoms with Gasteiger partial charge in [-0.25, -0.2) is 4.39 Å². The molecule has 110 valence electrons. The maximum Gasteiger partial charge on any atom is 0.123 e. The van der Waals surface area contributed by atoms with Crippen LogP contribution < -0.4 is 5.32 Å². The molecule has 2 fully saturated rings. The van der Waals surface area contributed by atoms with Crippen molar-refractivity contribution in [1.82, 2.24) is 15.1 Å². The molecule has 0 aliphatic carbocycles. The molecule has 1 N–H and O–H groups in total. The number of likely N-dealkylation sites (tertiary alicyclic amines) is 1. The smallest absolute Gasteiger partial charge is 0.123 e. The minimum Gasteiger partial charge on any atom is -0.314 e. The predicted octanol–water partition coefficient (Wildman–Crippen LogP) is 1.55. The standard InChI is InChI=1S/C16H24FN3/c17-16-3-1-14(2-4-16)11-20-8-5-15(13-20)12-19-9-6-18-7-10-19/h1-4,15,18H,5-13H2. The molecule has 2 heterocycles. The highest BCUT2D eigenvalue weighted by atomic mass is 19.1. The molecule has 0 amide bonds. The largest absolute Gasteiger partial charge is 0.314 e. The Morgan fingerprint density at radius 2 is 1.80 bits per heavy atom. The summed E-state index contributed by atoms with van der Waals surface area (Å²) in [6, 6.07) is 6.92. The number of nitrogens with one attached hydrogen (secondary N) is 1. The Kier molecular flexibility index (Phi) is 4.65. The SMILES string of the molecule is Fc1ccc(CN2CCC(CN3CCNCC3)C2)cc1. The zero-order valence-electron chi connectivity index (χ0n) is 12.0. The summed E-state index contributed by atoms with van der Waals surface area (Å²) in [5.74, 6) is 0.653. The molecule has 0 saturated carbocycles. The molecule has 2 saturated heterocycles. The molecule has 2 aliphatic heterocycles. The second kappa shape index (κ2) is 6.66. The van der Waals surface area contributed by atoms with Crippen molar-refractivity contribution in [2.75, 3.05) is 45.8 Å². The van der Waals surface area contributed by atoms with E-state index in [0.29, 0.717) is 0 Å². The third kappa shape index (κ3) is 3.78. The maximum atomic E-state index is 12.9. The Labute approximate surface area is 120 Å². The predicted molar refractivity (Wildman–Crippen MR) is 79.1 cm³/mol. The Bertz CT molecular complexity index is 414. The average Bonchev–Trinajstić information content (AvgIpc) is 2.90. The first-order valence-corrected chi connectivity index (χ1v) is 7.69. The quantitative estimate of drug-likeness (QED) is 0.901. The van der Waals surface area contributed by atoms with Crippen molar-refractivity contribution >= 4 is 0 Å². The number of piperazine rings is 1. The lowest BCUT2D eigenvalue weighted by atomic mass is 10.1. The number of nitrogens with zero attached hydrogens (tertiary/aromatic N) is 2. The molecule has 1 aromatic rings. The van der Waals surface area contributed by atoms with Gasteiger partial charge in [0.1, 0.15) is 5.82 Å². The monoisotopic (exact) mass is 277 g/mol. The first kappa shape index (κ1) is 14.0. The molecule has 1 aromatic carbocycles. The summed E-state index contributed by atoms with van der Waals surface area (Å²) < 4.78 is 12.9. The molecule has 4 heteroatoms. The van der Waals surface area contributed by atoms with Gasteiger partial charge in [0.2, 0.25) is 0 Å². The van der Waals surface area contributed by atoms with Crippen molar-refractivity contribution in [1.29, 1.82) is 0 Å². The Morgan fingerprint density at radius 3 is 2.55 bits per heavy atom. The van der Waals surface area contributed by atoms with Crippen LogP contribution in [0.15, 0.2) is 24.3 Å². The van der Waals surface area contributed by atoms with E-state index in [9.17, 15) is 4.39 Å². The number of rotatable bonds is 4. The molecule has 1 unspecified atom stereocenters. The van der Waals surface area contributed by atoms with Crippen molar-refractivity contribution in [2.24, 2.45) is 5.92 Å². The molecule has 3 nitrogen and oxygen atoms in total. The number of hydrogen-bond donors (Lipinski definition) is 1. The highest BCUT2D eigenvalue weighted by molar-refractivity contribution is 5.16. The minimum atomic E-state index is -0.147. The Hall–Kier alpha value is -0.970. The summed E-state index contributed by atoms with van der Waals surface area (Å²) in [6.07, 6.45) is 1.30. The molecule has 20 heavy (non-hydrogen) atoms. The Balaban J connectivity index is 1.45. The lowest BCUT2D eigenvalue weighted by molar-refractivity contribution is 0.202. The normalized spacial score (nSPS) is 25.1. The lowest BCUT2D eigenvalue weighted by Crippen LogP contribution is -2.45. The maximum absolute atomic E-state index is 12.9. The van der Waals surface area contributed by atoms with E-state index >= 15 is 0 Å². The Morgan fingerprint density at radius 1 is 1.05 bits per heavy atom. The van der Waals surface area contributed by atoms with Crippen LogP contribution in [-0.2, 0) is 6.54 Å². The summed E-state index contributed by atoms with van der Waals surface area (Å²) in [5, 5.41) is 3.40. The van der Waals surface area contributed by atoms with Crippen molar-refractivity contribution < 1.29 is 4.39 Å². The molecule has 2 aliphatic rings. The fourth-order valence-electron chi connectivity index (χ4n) is 3.31. The summed E-state index contributed by atoms with van der Waals surface area (Å²) in [5.41, 5.74) is 1.22. The van der Waals surface area contributed by atoms with E-state index in [1.165, 1.54) is 44.7 Å². The van der Waals surface area contributed by atoms with Gasteiger partial charge in [-0.2, -0.15) is 0 Å².